The van der Waals surface area contributed by atoms with E-state index in [4.69, 9.17) is 0 Å². The fourth-order valence-electron chi connectivity index (χ4n) is 5.22. The van der Waals surface area contributed by atoms with Crippen molar-refractivity contribution in [3.8, 4) is 0 Å². The molecule has 1 saturated carbocycles. The average molecular weight is 483 g/mol. The second-order valence-corrected chi connectivity index (χ2v) is 9.72. The Hall–Kier alpha value is -3.23. The summed E-state index contributed by atoms with van der Waals surface area (Å²) in [7, 11) is 0. The van der Waals surface area contributed by atoms with Gasteiger partial charge in [0.2, 0.25) is 23.6 Å². The molecule has 3 aliphatic rings. The van der Waals surface area contributed by atoms with Crippen LogP contribution in [0.1, 0.15) is 86.6 Å². The van der Waals surface area contributed by atoms with Crippen LogP contribution < -0.4 is 16.0 Å². The zero-order chi connectivity index (χ0) is 24.8. The van der Waals surface area contributed by atoms with Crippen molar-refractivity contribution in [1.82, 2.24) is 15.5 Å². The van der Waals surface area contributed by atoms with Crippen molar-refractivity contribution in [2.45, 2.75) is 83.2 Å². The summed E-state index contributed by atoms with van der Waals surface area (Å²) in [5.74, 6) is -0.837. The number of carbonyl (C=O) groups excluding carboxylic acids is 5. The van der Waals surface area contributed by atoms with Gasteiger partial charge in [0.15, 0.2) is 0 Å². The third kappa shape index (κ3) is 6.07. The van der Waals surface area contributed by atoms with Gasteiger partial charge in [0.1, 0.15) is 6.04 Å². The van der Waals surface area contributed by atoms with E-state index in [0.29, 0.717) is 42.6 Å². The Morgan fingerprint density at radius 3 is 2.57 bits per heavy atom. The number of nitrogens with one attached hydrogen (secondary N) is 3. The number of piperidine rings is 1. The molecule has 5 amide bonds. The lowest BCUT2D eigenvalue weighted by Gasteiger charge is -2.29. The molecule has 2 fully saturated rings. The standard InChI is InChI=1S/C26H34N4O5/c31-22(12-5-2-6-15-27-24(33)17-8-3-1-4-9-17)28-20-11-7-10-18-19(20)16-30(26(18)35)21-13-14-23(32)29-25(21)34/h7,10-11,17,21H,1-6,8-9,12-16H2,(H,27,33)(H,28,31)(H,29,32,34). The third-order valence-electron chi connectivity index (χ3n) is 7.21. The molecular weight excluding hydrogens is 448 g/mol. The van der Waals surface area contributed by atoms with E-state index in [9.17, 15) is 24.0 Å². The van der Waals surface area contributed by atoms with E-state index >= 15 is 0 Å². The number of unbranched alkanes of at least 4 members (excludes halogenated alkanes) is 2. The normalized spacial score (nSPS) is 20.4. The van der Waals surface area contributed by atoms with Crippen molar-refractivity contribution >= 4 is 35.2 Å². The molecule has 4 rings (SSSR count). The minimum absolute atomic E-state index is 0.128. The first-order valence-corrected chi connectivity index (χ1v) is 12.8. The number of nitrogens with zero attached hydrogens (tertiary/aromatic N) is 1. The zero-order valence-corrected chi connectivity index (χ0v) is 20.1. The van der Waals surface area contributed by atoms with E-state index < -0.39 is 11.9 Å². The van der Waals surface area contributed by atoms with Gasteiger partial charge in [-0.25, -0.2) is 0 Å². The Balaban J connectivity index is 1.21. The molecule has 1 unspecified atom stereocenters. The highest BCUT2D eigenvalue weighted by molar-refractivity contribution is 6.06. The van der Waals surface area contributed by atoms with Crippen LogP contribution in [0.5, 0.6) is 0 Å². The zero-order valence-electron chi connectivity index (χ0n) is 20.1. The van der Waals surface area contributed by atoms with Crippen LogP contribution in [-0.4, -0.2) is 47.0 Å². The second kappa shape index (κ2) is 11.5. The minimum atomic E-state index is -0.685. The molecule has 9 nitrogen and oxygen atoms in total. The van der Waals surface area contributed by atoms with Crippen molar-refractivity contribution in [2.24, 2.45) is 5.92 Å². The molecule has 0 bridgehead atoms. The van der Waals surface area contributed by atoms with Crippen LogP contribution in [0, 0.1) is 5.92 Å². The largest absolute Gasteiger partial charge is 0.356 e. The van der Waals surface area contributed by atoms with Gasteiger partial charge in [-0.1, -0.05) is 31.7 Å². The molecule has 1 saturated heterocycles. The van der Waals surface area contributed by atoms with Gasteiger partial charge in [0, 0.05) is 48.7 Å². The van der Waals surface area contributed by atoms with Crippen molar-refractivity contribution in [3.63, 3.8) is 0 Å². The van der Waals surface area contributed by atoms with Gasteiger partial charge in [0.05, 0.1) is 0 Å². The highest BCUT2D eigenvalue weighted by Gasteiger charge is 2.39. The lowest BCUT2D eigenvalue weighted by atomic mass is 9.89. The summed E-state index contributed by atoms with van der Waals surface area (Å²) < 4.78 is 0. The van der Waals surface area contributed by atoms with Gasteiger partial charge >= 0.3 is 0 Å². The topological polar surface area (TPSA) is 125 Å². The molecular formula is C26H34N4O5. The van der Waals surface area contributed by atoms with Crippen LogP contribution in [0.15, 0.2) is 18.2 Å². The minimum Gasteiger partial charge on any atom is -0.356 e. The molecule has 1 aliphatic carbocycles. The number of hydrogen-bond acceptors (Lipinski definition) is 5. The quantitative estimate of drug-likeness (QED) is 0.369. The molecule has 188 valence electrons. The second-order valence-electron chi connectivity index (χ2n) is 9.72. The predicted octanol–water partition coefficient (Wildman–Crippen LogP) is 2.64. The lowest BCUT2D eigenvalue weighted by molar-refractivity contribution is -0.137. The molecule has 1 aromatic carbocycles. The van der Waals surface area contributed by atoms with Gasteiger partial charge in [-0.05, 0) is 44.2 Å². The fourth-order valence-corrected chi connectivity index (χ4v) is 5.22. The summed E-state index contributed by atoms with van der Waals surface area (Å²) in [5, 5.41) is 8.24. The number of amides is 5. The van der Waals surface area contributed by atoms with Crippen LogP contribution in [0.25, 0.3) is 0 Å². The number of carbonyl (C=O) groups is 5. The average Bonchev–Trinajstić information content (AvgIpc) is 3.19. The molecule has 35 heavy (non-hydrogen) atoms. The van der Waals surface area contributed by atoms with Crippen molar-refractivity contribution in [3.05, 3.63) is 29.3 Å². The van der Waals surface area contributed by atoms with Gasteiger partial charge in [0.25, 0.3) is 5.91 Å². The van der Waals surface area contributed by atoms with E-state index in [1.807, 2.05) is 0 Å². The van der Waals surface area contributed by atoms with Crippen molar-refractivity contribution in [2.75, 3.05) is 11.9 Å². The monoisotopic (exact) mass is 482 g/mol. The smallest absolute Gasteiger partial charge is 0.255 e. The Labute approximate surface area is 205 Å². The number of anilines is 1. The highest BCUT2D eigenvalue weighted by Crippen LogP contribution is 2.32. The number of benzene rings is 1. The highest BCUT2D eigenvalue weighted by atomic mass is 16.2. The molecule has 3 N–H and O–H groups in total. The molecule has 2 heterocycles. The van der Waals surface area contributed by atoms with Crippen LogP contribution in [0.2, 0.25) is 0 Å². The van der Waals surface area contributed by atoms with Gasteiger partial charge < -0.3 is 15.5 Å². The Bertz CT molecular complexity index is 1000. The summed E-state index contributed by atoms with van der Waals surface area (Å²) in [6.45, 7) is 0.860. The maximum atomic E-state index is 12.9. The molecule has 0 aromatic heterocycles. The molecule has 2 aliphatic heterocycles. The summed E-state index contributed by atoms with van der Waals surface area (Å²) in [6, 6.07) is 4.49. The number of rotatable bonds is 9. The number of fused-ring (bicyclic) bond motifs is 1. The molecule has 0 radical (unpaired) electrons. The number of imide groups is 1. The first-order chi connectivity index (χ1) is 16.9. The molecule has 9 heteroatoms. The Morgan fingerprint density at radius 2 is 1.80 bits per heavy atom. The maximum Gasteiger partial charge on any atom is 0.255 e. The maximum absolute atomic E-state index is 12.9. The van der Waals surface area contributed by atoms with Crippen LogP contribution in [-0.2, 0) is 25.7 Å². The van der Waals surface area contributed by atoms with E-state index in [1.165, 1.54) is 11.3 Å². The summed E-state index contributed by atoms with van der Waals surface area (Å²) in [5.41, 5.74) is 1.75. The van der Waals surface area contributed by atoms with E-state index in [2.05, 4.69) is 16.0 Å². The summed E-state index contributed by atoms with van der Waals surface area (Å²) in [4.78, 5) is 62.8. The Morgan fingerprint density at radius 1 is 1.00 bits per heavy atom. The Kier molecular flexibility index (Phi) is 8.15. The lowest BCUT2D eigenvalue weighted by Crippen LogP contribution is -2.52. The van der Waals surface area contributed by atoms with Crippen molar-refractivity contribution in [1.29, 1.82) is 0 Å². The van der Waals surface area contributed by atoms with Gasteiger partial charge in [-0.2, -0.15) is 0 Å². The van der Waals surface area contributed by atoms with E-state index in [1.54, 1.807) is 18.2 Å². The summed E-state index contributed by atoms with van der Waals surface area (Å²) >= 11 is 0. The van der Waals surface area contributed by atoms with Crippen LogP contribution in [0.3, 0.4) is 0 Å². The van der Waals surface area contributed by atoms with Crippen molar-refractivity contribution < 1.29 is 24.0 Å². The fraction of sp³-hybridized carbons (Fsp3) is 0.577. The van der Waals surface area contributed by atoms with Crippen LogP contribution >= 0.6 is 0 Å². The van der Waals surface area contributed by atoms with Gasteiger partial charge in [-0.15, -0.1) is 0 Å². The number of hydrogen-bond donors (Lipinski definition) is 3. The molecule has 0 spiro atoms. The predicted molar refractivity (Wildman–Crippen MR) is 129 cm³/mol. The SMILES string of the molecule is O=C1CCC(N2Cc3c(NC(=O)CCCCCNC(=O)C4CCCCC4)cccc3C2=O)C(=O)N1. The summed E-state index contributed by atoms with van der Waals surface area (Å²) in [6.07, 6.45) is 8.73. The first-order valence-electron chi connectivity index (χ1n) is 12.8. The van der Waals surface area contributed by atoms with Crippen LogP contribution in [0.4, 0.5) is 5.69 Å². The van der Waals surface area contributed by atoms with E-state index in [-0.39, 0.29) is 42.5 Å². The first kappa shape index (κ1) is 24.9. The third-order valence-corrected chi connectivity index (χ3v) is 7.21. The van der Waals surface area contributed by atoms with Gasteiger partial charge in [-0.3, -0.25) is 29.3 Å². The molecule has 1 atom stereocenters. The van der Waals surface area contributed by atoms with E-state index in [0.717, 1.165) is 38.5 Å². The molecule has 1 aromatic rings.